The Labute approximate surface area is 167 Å². The van der Waals surface area contributed by atoms with Crippen molar-refractivity contribution in [2.45, 2.75) is 40.0 Å². The first-order valence-corrected chi connectivity index (χ1v) is 9.62. The van der Waals surface area contributed by atoms with Crippen LogP contribution in [0.25, 0.3) is 0 Å². The van der Waals surface area contributed by atoms with Crippen molar-refractivity contribution >= 4 is 11.9 Å². The first kappa shape index (κ1) is 21.5. The van der Waals surface area contributed by atoms with Crippen LogP contribution in [0.5, 0.6) is 5.75 Å². The number of esters is 1. The summed E-state index contributed by atoms with van der Waals surface area (Å²) in [6.07, 6.45) is 1.29. The molecule has 0 aromatic heterocycles. The van der Waals surface area contributed by atoms with E-state index in [4.69, 9.17) is 9.47 Å². The Morgan fingerprint density at radius 1 is 0.893 bits per heavy atom. The van der Waals surface area contributed by atoms with Gasteiger partial charge in [-0.25, -0.2) is 0 Å². The summed E-state index contributed by atoms with van der Waals surface area (Å²) in [6.45, 7) is 6.74. The van der Waals surface area contributed by atoms with Crippen LogP contribution < -0.4 is 10.1 Å². The average Bonchev–Trinajstić information content (AvgIpc) is 2.67. The molecule has 0 spiro atoms. The highest BCUT2D eigenvalue weighted by molar-refractivity contribution is 5.76. The number of carbonyl (C=O) groups excluding carboxylic acids is 2. The SMILES string of the molecule is Cc1ccc(CCC(=O)NCCOC(=O)CCOc2c(C)cccc2C)cc1. The molecule has 1 N–H and O–H groups in total. The number of nitrogens with one attached hydrogen (secondary N) is 1. The number of carbonyl (C=O) groups is 2. The minimum Gasteiger partial charge on any atom is -0.492 e. The fraction of sp³-hybridized carbons (Fsp3) is 0.391. The lowest BCUT2D eigenvalue weighted by atomic mass is 10.1. The zero-order valence-corrected chi connectivity index (χ0v) is 16.9. The summed E-state index contributed by atoms with van der Waals surface area (Å²) in [4.78, 5) is 23.6. The number of para-hydroxylation sites is 1. The molecule has 0 atom stereocenters. The third-order valence-electron chi connectivity index (χ3n) is 4.41. The minimum absolute atomic E-state index is 0.0463. The predicted molar refractivity (Wildman–Crippen MR) is 109 cm³/mol. The molecule has 0 bridgehead atoms. The summed E-state index contributed by atoms with van der Waals surface area (Å²) in [7, 11) is 0. The maximum Gasteiger partial charge on any atom is 0.309 e. The third kappa shape index (κ3) is 7.43. The molecule has 0 fully saturated rings. The number of rotatable bonds is 10. The van der Waals surface area contributed by atoms with E-state index < -0.39 is 0 Å². The summed E-state index contributed by atoms with van der Waals surface area (Å²) in [5, 5.41) is 2.77. The van der Waals surface area contributed by atoms with E-state index in [1.165, 1.54) is 5.56 Å². The molecule has 0 unspecified atom stereocenters. The molecule has 150 valence electrons. The molecule has 0 aliphatic heterocycles. The molecular weight excluding hydrogens is 354 g/mol. The van der Waals surface area contributed by atoms with Gasteiger partial charge < -0.3 is 14.8 Å². The van der Waals surface area contributed by atoms with Gasteiger partial charge in [0, 0.05) is 6.42 Å². The maximum absolute atomic E-state index is 11.8. The molecule has 28 heavy (non-hydrogen) atoms. The monoisotopic (exact) mass is 383 g/mol. The second-order valence-corrected chi connectivity index (χ2v) is 6.88. The summed E-state index contributed by atoms with van der Waals surface area (Å²) < 4.78 is 10.8. The van der Waals surface area contributed by atoms with Gasteiger partial charge in [-0.1, -0.05) is 48.0 Å². The maximum atomic E-state index is 11.8. The van der Waals surface area contributed by atoms with Gasteiger partial charge in [0.25, 0.3) is 0 Å². The summed E-state index contributed by atoms with van der Waals surface area (Å²) in [6, 6.07) is 14.1. The Morgan fingerprint density at radius 2 is 1.57 bits per heavy atom. The third-order valence-corrected chi connectivity index (χ3v) is 4.41. The highest BCUT2D eigenvalue weighted by Gasteiger charge is 2.07. The van der Waals surface area contributed by atoms with Crippen LogP contribution in [0.4, 0.5) is 0 Å². The van der Waals surface area contributed by atoms with Gasteiger partial charge in [0.2, 0.25) is 5.91 Å². The molecule has 2 aromatic carbocycles. The van der Waals surface area contributed by atoms with Crippen LogP contribution in [0, 0.1) is 20.8 Å². The summed E-state index contributed by atoms with van der Waals surface area (Å²) in [5.74, 6) is 0.436. The Kier molecular flexibility index (Phi) is 8.53. The second-order valence-electron chi connectivity index (χ2n) is 6.88. The molecule has 0 aliphatic rings. The van der Waals surface area contributed by atoms with Gasteiger partial charge in [0.05, 0.1) is 19.6 Å². The van der Waals surface area contributed by atoms with Crippen LogP contribution in [0.15, 0.2) is 42.5 Å². The first-order valence-electron chi connectivity index (χ1n) is 9.62. The van der Waals surface area contributed by atoms with Gasteiger partial charge in [-0.2, -0.15) is 0 Å². The van der Waals surface area contributed by atoms with Crippen molar-refractivity contribution in [3.63, 3.8) is 0 Å². The first-order chi connectivity index (χ1) is 13.5. The van der Waals surface area contributed by atoms with Crippen LogP contribution in [-0.4, -0.2) is 31.6 Å². The largest absolute Gasteiger partial charge is 0.492 e. The van der Waals surface area contributed by atoms with Crippen LogP contribution in [0.2, 0.25) is 0 Å². The highest BCUT2D eigenvalue weighted by atomic mass is 16.5. The van der Waals surface area contributed by atoms with Crippen molar-refractivity contribution in [3.8, 4) is 5.75 Å². The number of hydrogen-bond donors (Lipinski definition) is 1. The number of hydrogen-bond acceptors (Lipinski definition) is 4. The standard InChI is InChI=1S/C23H29NO4/c1-17-7-9-20(10-8-17)11-12-21(25)24-14-16-27-22(26)13-15-28-23-18(2)5-4-6-19(23)3/h4-10H,11-16H2,1-3H3,(H,24,25). The molecule has 0 saturated carbocycles. The number of aryl methyl sites for hydroxylation is 4. The van der Waals surface area contributed by atoms with Crippen LogP contribution in [0.3, 0.4) is 0 Å². The number of benzene rings is 2. The van der Waals surface area contributed by atoms with E-state index >= 15 is 0 Å². The normalized spacial score (nSPS) is 10.4. The predicted octanol–water partition coefficient (Wildman–Crippen LogP) is 3.67. The Morgan fingerprint density at radius 3 is 2.25 bits per heavy atom. The smallest absolute Gasteiger partial charge is 0.309 e. The zero-order valence-electron chi connectivity index (χ0n) is 16.9. The lowest BCUT2D eigenvalue weighted by Gasteiger charge is -2.11. The molecule has 2 rings (SSSR count). The highest BCUT2D eigenvalue weighted by Crippen LogP contribution is 2.22. The van der Waals surface area contributed by atoms with Crippen molar-refractivity contribution < 1.29 is 19.1 Å². The van der Waals surface area contributed by atoms with Crippen molar-refractivity contribution in [1.29, 1.82) is 0 Å². The molecule has 0 saturated heterocycles. The Bertz CT molecular complexity index is 763. The van der Waals surface area contributed by atoms with E-state index in [0.717, 1.165) is 22.4 Å². The van der Waals surface area contributed by atoms with E-state index in [-0.39, 0.29) is 31.5 Å². The molecule has 5 nitrogen and oxygen atoms in total. The average molecular weight is 383 g/mol. The number of amides is 1. The lowest BCUT2D eigenvalue weighted by molar-refractivity contribution is -0.144. The topological polar surface area (TPSA) is 64.6 Å². The van der Waals surface area contributed by atoms with Gasteiger partial charge in [0.1, 0.15) is 12.4 Å². The van der Waals surface area contributed by atoms with Gasteiger partial charge >= 0.3 is 5.97 Å². The quantitative estimate of drug-likeness (QED) is 0.502. The van der Waals surface area contributed by atoms with E-state index in [9.17, 15) is 9.59 Å². The van der Waals surface area contributed by atoms with Gasteiger partial charge in [0.15, 0.2) is 0 Å². The second kappa shape index (κ2) is 11.1. The van der Waals surface area contributed by atoms with E-state index in [2.05, 4.69) is 5.32 Å². The van der Waals surface area contributed by atoms with Crippen molar-refractivity contribution in [2.75, 3.05) is 19.8 Å². The molecule has 0 radical (unpaired) electrons. The molecule has 5 heteroatoms. The Hall–Kier alpha value is -2.82. The molecule has 1 amide bonds. The van der Waals surface area contributed by atoms with Gasteiger partial charge in [-0.3, -0.25) is 9.59 Å². The van der Waals surface area contributed by atoms with Gasteiger partial charge in [-0.05, 0) is 43.9 Å². The van der Waals surface area contributed by atoms with Crippen molar-refractivity contribution in [1.82, 2.24) is 5.32 Å². The Balaban J connectivity index is 1.55. The van der Waals surface area contributed by atoms with Crippen molar-refractivity contribution in [3.05, 3.63) is 64.7 Å². The molecular formula is C23H29NO4. The minimum atomic E-state index is -0.333. The molecule has 2 aromatic rings. The molecule has 0 aliphatic carbocycles. The fourth-order valence-corrected chi connectivity index (χ4v) is 2.79. The van der Waals surface area contributed by atoms with E-state index in [1.807, 2.05) is 63.2 Å². The summed E-state index contributed by atoms with van der Waals surface area (Å²) in [5.41, 5.74) is 4.42. The van der Waals surface area contributed by atoms with Crippen LogP contribution in [0.1, 0.15) is 35.1 Å². The van der Waals surface area contributed by atoms with Crippen molar-refractivity contribution in [2.24, 2.45) is 0 Å². The van der Waals surface area contributed by atoms with Crippen LogP contribution in [-0.2, 0) is 20.7 Å². The molecule has 0 heterocycles. The number of ether oxygens (including phenoxy) is 2. The fourth-order valence-electron chi connectivity index (χ4n) is 2.79. The van der Waals surface area contributed by atoms with Gasteiger partial charge in [-0.15, -0.1) is 0 Å². The van der Waals surface area contributed by atoms with E-state index in [1.54, 1.807) is 0 Å². The van der Waals surface area contributed by atoms with Crippen LogP contribution >= 0.6 is 0 Å². The zero-order chi connectivity index (χ0) is 20.4. The van der Waals surface area contributed by atoms with E-state index in [0.29, 0.717) is 19.4 Å². The lowest BCUT2D eigenvalue weighted by Crippen LogP contribution is -2.28. The summed E-state index contributed by atoms with van der Waals surface area (Å²) >= 11 is 0.